The van der Waals surface area contributed by atoms with Crippen LogP contribution in [0.2, 0.25) is 0 Å². The summed E-state index contributed by atoms with van der Waals surface area (Å²) in [6, 6.07) is 1.73. The van der Waals surface area contributed by atoms with Crippen molar-refractivity contribution < 1.29 is 13.2 Å². The molecule has 1 aliphatic rings. The fraction of sp³-hybridized carbons (Fsp3) is 0.692. The lowest BCUT2D eigenvalue weighted by molar-refractivity contribution is 0.0200. The van der Waals surface area contributed by atoms with E-state index in [4.69, 9.17) is 4.74 Å². The Morgan fingerprint density at radius 2 is 2.30 bits per heavy atom. The van der Waals surface area contributed by atoms with Gasteiger partial charge in [-0.2, -0.15) is 0 Å². The first-order chi connectivity index (χ1) is 9.62. The van der Waals surface area contributed by atoms with Gasteiger partial charge in [0.05, 0.1) is 6.10 Å². The third kappa shape index (κ3) is 4.53. The maximum atomic E-state index is 12.2. The smallest absolute Gasteiger partial charge is 0.250 e. The molecule has 1 unspecified atom stereocenters. The van der Waals surface area contributed by atoms with E-state index in [2.05, 4.69) is 10.0 Å². The van der Waals surface area contributed by atoms with Crippen LogP contribution in [0.3, 0.4) is 0 Å². The second-order valence-corrected chi connectivity index (χ2v) is 7.80. The zero-order valence-corrected chi connectivity index (χ0v) is 13.4. The molecule has 0 amide bonds. The molecule has 2 N–H and O–H groups in total. The van der Waals surface area contributed by atoms with E-state index < -0.39 is 10.0 Å². The summed E-state index contributed by atoms with van der Waals surface area (Å²) >= 11 is 1.26. The maximum Gasteiger partial charge on any atom is 0.250 e. The predicted octanol–water partition coefficient (Wildman–Crippen LogP) is 1.70. The zero-order chi connectivity index (χ0) is 14.4. The molecule has 1 atom stereocenters. The monoisotopic (exact) mass is 318 g/mol. The van der Waals surface area contributed by atoms with Crippen LogP contribution in [0.15, 0.2) is 15.7 Å². The lowest BCUT2D eigenvalue weighted by Crippen LogP contribution is -2.35. The SMILES string of the molecule is CCNCc1csc(S(=O)(=O)NCC2CCCCO2)c1. The molecule has 0 aromatic carbocycles. The van der Waals surface area contributed by atoms with E-state index in [0.717, 1.165) is 38.0 Å². The first-order valence-electron chi connectivity index (χ1n) is 7.01. The predicted molar refractivity (Wildman–Crippen MR) is 80.5 cm³/mol. The van der Waals surface area contributed by atoms with Crippen LogP contribution in [0.4, 0.5) is 0 Å². The summed E-state index contributed by atoms with van der Waals surface area (Å²) in [5.74, 6) is 0. The molecule has 0 aliphatic carbocycles. The second kappa shape index (κ2) is 7.51. The van der Waals surface area contributed by atoms with E-state index in [1.807, 2.05) is 12.3 Å². The summed E-state index contributed by atoms with van der Waals surface area (Å²) in [5.41, 5.74) is 1.01. The molecule has 5 nitrogen and oxygen atoms in total. The summed E-state index contributed by atoms with van der Waals surface area (Å²) in [6.45, 7) is 4.69. The van der Waals surface area contributed by atoms with Gasteiger partial charge in [0.15, 0.2) is 0 Å². The normalized spacial score (nSPS) is 20.1. The molecule has 7 heteroatoms. The van der Waals surface area contributed by atoms with Crippen molar-refractivity contribution in [2.24, 2.45) is 0 Å². The third-order valence-corrected chi connectivity index (χ3v) is 6.16. The molecule has 2 rings (SSSR count). The molecule has 1 aromatic rings. The lowest BCUT2D eigenvalue weighted by atomic mass is 10.1. The van der Waals surface area contributed by atoms with Crippen molar-refractivity contribution in [2.45, 2.75) is 43.0 Å². The van der Waals surface area contributed by atoms with Crippen molar-refractivity contribution >= 4 is 21.4 Å². The molecule has 114 valence electrons. The highest BCUT2D eigenvalue weighted by Crippen LogP contribution is 2.20. The van der Waals surface area contributed by atoms with Crippen LogP contribution in [-0.2, 0) is 21.3 Å². The van der Waals surface area contributed by atoms with Gasteiger partial charge >= 0.3 is 0 Å². The van der Waals surface area contributed by atoms with E-state index >= 15 is 0 Å². The maximum absolute atomic E-state index is 12.2. The molecule has 0 saturated carbocycles. The molecule has 1 aliphatic heterocycles. The van der Waals surface area contributed by atoms with Crippen LogP contribution >= 0.6 is 11.3 Å². The molecular formula is C13H22N2O3S2. The van der Waals surface area contributed by atoms with Crippen molar-refractivity contribution in [1.82, 2.24) is 10.0 Å². The molecule has 0 spiro atoms. The van der Waals surface area contributed by atoms with Crippen molar-refractivity contribution in [2.75, 3.05) is 19.7 Å². The summed E-state index contributed by atoms with van der Waals surface area (Å²) in [6.07, 6.45) is 3.12. The van der Waals surface area contributed by atoms with Gasteiger partial charge in [0.2, 0.25) is 10.0 Å². The molecule has 1 aromatic heterocycles. The van der Waals surface area contributed by atoms with Gasteiger partial charge in [-0.3, -0.25) is 0 Å². The van der Waals surface area contributed by atoms with E-state index in [0.29, 0.717) is 17.3 Å². The summed E-state index contributed by atoms with van der Waals surface area (Å²) in [7, 11) is -3.40. The van der Waals surface area contributed by atoms with Crippen molar-refractivity contribution in [3.63, 3.8) is 0 Å². The van der Waals surface area contributed by atoms with Gasteiger partial charge in [-0.1, -0.05) is 6.92 Å². The molecular weight excluding hydrogens is 296 g/mol. The van der Waals surface area contributed by atoms with Crippen LogP contribution < -0.4 is 10.0 Å². The summed E-state index contributed by atoms with van der Waals surface area (Å²) in [4.78, 5) is 0. The molecule has 0 bridgehead atoms. The molecule has 1 saturated heterocycles. The average Bonchev–Trinajstić information content (AvgIpc) is 2.94. The van der Waals surface area contributed by atoms with Gasteiger partial charge < -0.3 is 10.1 Å². The van der Waals surface area contributed by atoms with Crippen LogP contribution in [0.5, 0.6) is 0 Å². The number of hydrogen-bond acceptors (Lipinski definition) is 5. The minimum absolute atomic E-state index is 0.0136. The Balaban J connectivity index is 1.90. The van der Waals surface area contributed by atoms with Crippen molar-refractivity contribution in [1.29, 1.82) is 0 Å². The molecule has 1 fully saturated rings. The summed E-state index contributed by atoms with van der Waals surface area (Å²) < 4.78 is 32.9. The lowest BCUT2D eigenvalue weighted by Gasteiger charge is -2.22. The van der Waals surface area contributed by atoms with Gasteiger partial charge in [0.25, 0.3) is 0 Å². The van der Waals surface area contributed by atoms with Gasteiger partial charge in [0.1, 0.15) is 4.21 Å². The number of nitrogens with one attached hydrogen (secondary N) is 2. The Labute approximate surface area is 124 Å². The standard InChI is InChI=1S/C13H22N2O3S2/c1-2-14-8-11-7-13(19-10-11)20(16,17)15-9-12-5-3-4-6-18-12/h7,10,12,14-15H,2-6,8-9H2,1H3. The van der Waals surface area contributed by atoms with Gasteiger partial charge in [-0.05, 0) is 42.8 Å². The highest BCUT2D eigenvalue weighted by atomic mass is 32.2. The van der Waals surface area contributed by atoms with E-state index in [1.54, 1.807) is 6.07 Å². The highest BCUT2D eigenvalue weighted by Gasteiger charge is 2.20. The Bertz CT molecular complexity index is 507. The van der Waals surface area contributed by atoms with Crippen LogP contribution in [0.1, 0.15) is 31.7 Å². The highest BCUT2D eigenvalue weighted by molar-refractivity contribution is 7.91. The van der Waals surface area contributed by atoms with Crippen LogP contribution in [0.25, 0.3) is 0 Å². The van der Waals surface area contributed by atoms with Crippen molar-refractivity contribution in [3.05, 3.63) is 17.0 Å². The van der Waals surface area contributed by atoms with Gasteiger partial charge in [0, 0.05) is 19.7 Å². The largest absolute Gasteiger partial charge is 0.377 e. The van der Waals surface area contributed by atoms with E-state index in [1.165, 1.54) is 11.3 Å². The zero-order valence-electron chi connectivity index (χ0n) is 11.7. The van der Waals surface area contributed by atoms with Crippen LogP contribution in [0, 0.1) is 0 Å². The molecule has 20 heavy (non-hydrogen) atoms. The molecule has 2 heterocycles. The van der Waals surface area contributed by atoms with Crippen molar-refractivity contribution in [3.8, 4) is 0 Å². The Morgan fingerprint density at radius 3 is 3.00 bits per heavy atom. The second-order valence-electron chi connectivity index (χ2n) is 4.89. The van der Waals surface area contributed by atoms with Crippen LogP contribution in [-0.4, -0.2) is 34.2 Å². The first-order valence-corrected chi connectivity index (χ1v) is 9.37. The topological polar surface area (TPSA) is 67.4 Å². The molecule has 0 radical (unpaired) electrons. The van der Waals surface area contributed by atoms with Gasteiger partial charge in [-0.25, -0.2) is 13.1 Å². The number of thiophene rings is 1. The number of rotatable bonds is 7. The fourth-order valence-corrected chi connectivity index (χ4v) is 4.42. The Hall–Kier alpha value is -0.470. The minimum Gasteiger partial charge on any atom is -0.377 e. The average molecular weight is 318 g/mol. The number of sulfonamides is 1. The quantitative estimate of drug-likeness (QED) is 0.803. The van der Waals surface area contributed by atoms with E-state index in [9.17, 15) is 8.42 Å². The summed E-state index contributed by atoms with van der Waals surface area (Å²) in [5, 5.41) is 5.07. The third-order valence-electron chi connectivity index (χ3n) is 3.25. The Morgan fingerprint density at radius 1 is 1.45 bits per heavy atom. The first kappa shape index (κ1) is 15.9. The minimum atomic E-state index is -3.40. The van der Waals surface area contributed by atoms with Gasteiger partial charge in [-0.15, -0.1) is 11.3 Å². The van der Waals surface area contributed by atoms with E-state index in [-0.39, 0.29) is 6.10 Å². The number of ether oxygens (including phenoxy) is 1. The number of hydrogen-bond donors (Lipinski definition) is 2. The fourth-order valence-electron chi connectivity index (χ4n) is 2.10. The Kier molecular flexibility index (Phi) is 5.98.